The van der Waals surface area contributed by atoms with Crippen LogP contribution in [0.3, 0.4) is 0 Å². The Kier molecular flexibility index (Phi) is 11.4. The van der Waals surface area contributed by atoms with Crippen LogP contribution in [0.15, 0.2) is 108 Å². The summed E-state index contributed by atoms with van der Waals surface area (Å²) in [5.74, 6) is -0.258. The maximum Gasteiger partial charge on any atom is 0.264 e. The lowest BCUT2D eigenvalue weighted by atomic mass is 10.0. The van der Waals surface area contributed by atoms with Crippen molar-refractivity contribution < 1.29 is 27.5 Å². The smallest absolute Gasteiger partial charge is 0.264 e. The highest BCUT2D eigenvalue weighted by Crippen LogP contribution is 2.32. The SMILES string of the molecule is COc1ccc(S(=O)(=O)N(CC(=O)N(Cc2ccc(C)cc2)[C@@H](Cc2ccccc2)C(=O)NC(C)C)c2ccccc2)cc1OC. The fourth-order valence-electron chi connectivity index (χ4n) is 5.05. The number of benzene rings is 4. The molecule has 0 aliphatic carbocycles. The molecule has 10 heteroatoms. The van der Waals surface area contributed by atoms with Gasteiger partial charge in [-0.1, -0.05) is 78.4 Å². The zero-order chi connectivity index (χ0) is 33.3. The summed E-state index contributed by atoms with van der Waals surface area (Å²) in [6.07, 6.45) is 0.241. The second kappa shape index (κ2) is 15.4. The molecule has 4 aromatic carbocycles. The second-order valence-corrected chi connectivity index (χ2v) is 13.1. The van der Waals surface area contributed by atoms with Crippen molar-refractivity contribution in [1.29, 1.82) is 0 Å². The van der Waals surface area contributed by atoms with E-state index in [4.69, 9.17) is 9.47 Å². The van der Waals surface area contributed by atoms with Crippen molar-refractivity contribution in [3.05, 3.63) is 120 Å². The molecule has 0 fully saturated rings. The van der Waals surface area contributed by atoms with E-state index in [0.29, 0.717) is 11.4 Å². The third-order valence-electron chi connectivity index (χ3n) is 7.44. The molecule has 0 aliphatic heterocycles. The molecule has 1 N–H and O–H groups in total. The predicted molar refractivity (Wildman–Crippen MR) is 179 cm³/mol. The van der Waals surface area contributed by atoms with Crippen molar-refractivity contribution >= 4 is 27.5 Å². The standard InChI is InChI=1S/C36H41N3O6S/c1-26(2)37-36(41)32(22-28-12-8-6-9-13-28)38(24-29-18-16-27(3)17-19-29)35(40)25-39(30-14-10-7-11-15-30)46(42,43)31-20-21-33(44-4)34(23-31)45-5/h6-21,23,26,32H,22,24-25H2,1-5H3,(H,37,41)/t32-/m0/s1. The number of nitrogens with zero attached hydrogens (tertiary/aromatic N) is 2. The van der Waals surface area contributed by atoms with Crippen LogP contribution >= 0.6 is 0 Å². The van der Waals surface area contributed by atoms with Gasteiger partial charge in [0.05, 0.1) is 24.8 Å². The molecule has 46 heavy (non-hydrogen) atoms. The number of carbonyl (C=O) groups excluding carboxylic acids is 2. The van der Waals surface area contributed by atoms with Gasteiger partial charge in [0.1, 0.15) is 12.6 Å². The lowest BCUT2D eigenvalue weighted by Crippen LogP contribution is -2.54. The van der Waals surface area contributed by atoms with Gasteiger partial charge >= 0.3 is 0 Å². The predicted octanol–water partition coefficient (Wildman–Crippen LogP) is 5.37. The highest BCUT2D eigenvalue weighted by Gasteiger charge is 2.35. The van der Waals surface area contributed by atoms with Gasteiger partial charge in [-0.15, -0.1) is 0 Å². The van der Waals surface area contributed by atoms with Crippen LogP contribution in [0.25, 0.3) is 0 Å². The number of para-hydroxylation sites is 1. The summed E-state index contributed by atoms with van der Waals surface area (Å²) >= 11 is 0. The molecule has 4 aromatic rings. The van der Waals surface area contributed by atoms with E-state index in [1.54, 1.807) is 30.3 Å². The molecular formula is C36H41N3O6S. The number of sulfonamides is 1. The van der Waals surface area contributed by atoms with E-state index in [2.05, 4.69) is 5.32 Å². The third kappa shape index (κ3) is 8.45. The van der Waals surface area contributed by atoms with Gasteiger partial charge in [-0.05, 0) is 56.2 Å². The van der Waals surface area contributed by atoms with Gasteiger partial charge in [0, 0.05) is 25.1 Å². The fraction of sp³-hybridized carbons (Fsp3) is 0.278. The van der Waals surface area contributed by atoms with Crippen molar-refractivity contribution in [1.82, 2.24) is 10.2 Å². The number of hydrogen-bond acceptors (Lipinski definition) is 6. The Balaban J connectivity index is 1.80. The Bertz CT molecular complexity index is 1710. The molecule has 0 aliphatic rings. The maximum atomic E-state index is 14.5. The largest absolute Gasteiger partial charge is 0.493 e. The molecule has 242 valence electrons. The quantitative estimate of drug-likeness (QED) is 0.198. The lowest BCUT2D eigenvalue weighted by molar-refractivity contribution is -0.140. The van der Waals surface area contributed by atoms with Crippen molar-refractivity contribution in [2.75, 3.05) is 25.1 Å². The number of rotatable bonds is 14. The van der Waals surface area contributed by atoms with Crippen LogP contribution in [0.2, 0.25) is 0 Å². The highest BCUT2D eigenvalue weighted by atomic mass is 32.2. The first-order valence-electron chi connectivity index (χ1n) is 15.0. The zero-order valence-corrected chi connectivity index (χ0v) is 27.7. The van der Waals surface area contributed by atoms with E-state index < -0.39 is 28.5 Å². The minimum Gasteiger partial charge on any atom is -0.493 e. The Morgan fingerprint density at radius 1 is 0.783 bits per heavy atom. The first-order valence-corrected chi connectivity index (χ1v) is 16.5. The molecule has 1 atom stereocenters. The number of methoxy groups -OCH3 is 2. The molecule has 0 bridgehead atoms. The van der Waals surface area contributed by atoms with E-state index in [1.807, 2.05) is 75.4 Å². The Labute approximate surface area is 271 Å². The van der Waals surface area contributed by atoms with Crippen LogP contribution in [0.1, 0.15) is 30.5 Å². The number of ether oxygens (including phenoxy) is 2. The number of anilines is 1. The summed E-state index contributed by atoms with van der Waals surface area (Å²) in [6.45, 7) is 5.23. The maximum absolute atomic E-state index is 14.5. The van der Waals surface area contributed by atoms with Gasteiger partial charge < -0.3 is 19.7 Å². The van der Waals surface area contributed by atoms with Crippen LogP contribution in [-0.2, 0) is 32.6 Å². The molecule has 0 heterocycles. The second-order valence-electron chi connectivity index (χ2n) is 11.2. The monoisotopic (exact) mass is 643 g/mol. The van der Waals surface area contributed by atoms with Crippen LogP contribution in [0.4, 0.5) is 5.69 Å². The van der Waals surface area contributed by atoms with Crippen molar-refractivity contribution in [3.8, 4) is 11.5 Å². The van der Waals surface area contributed by atoms with Gasteiger partial charge in [-0.3, -0.25) is 13.9 Å². The summed E-state index contributed by atoms with van der Waals surface area (Å²) in [4.78, 5) is 29.7. The number of aryl methyl sites for hydroxylation is 1. The van der Waals surface area contributed by atoms with E-state index in [-0.39, 0.29) is 35.6 Å². The summed E-state index contributed by atoms with van der Waals surface area (Å²) in [6, 6.07) is 28.8. The minimum absolute atomic E-state index is 0.0784. The first-order chi connectivity index (χ1) is 22.0. The number of nitrogens with one attached hydrogen (secondary N) is 1. The summed E-state index contributed by atoms with van der Waals surface area (Å²) < 4.78 is 40.3. The molecule has 0 spiro atoms. The van der Waals surface area contributed by atoms with E-state index >= 15 is 0 Å². The van der Waals surface area contributed by atoms with Crippen LogP contribution in [0, 0.1) is 6.92 Å². The van der Waals surface area contributed by atoms with Gasteiger partial charge in [0.2, 0.25) is 11.8 Å². The van der Waals surface area contributed by atoms with Crippen LogP contribution in [-0.4, -0.2) is 58.0 Å². The van der Waals surface area contributed by atoms with Gasteiger partial charge in [-0.25, -0.2) is 8.42 Å². The topological polar surface area (TPSA) is 105 Å². The molecular weight excluding hydrogens is 602 g/mol. The van der Waals surface area contributed by atoms with Crippen molar-refractivity contribution in [3.63, 3.8) is 0 Å². The van der Waals surface area contributed by atoms with Crippen LogP contribution < -0.4 is 19.1 Å². The summed E-state index contributed by atoms with van der Waals surface area (Å²) in [7, 11) is -1.41. The van der Waals surface area contributed by atoms with E-state index in [1.165, 1.54) is 37.3 Å². The van der Waals surface area contributed by atoms with E-state index in [0.717, 1.165) is 21.0 Å². The van der Waals surface area contributed by atoms with Gasteiger partial charge in [0.15, 0.2) is 11.5 Å². The molecule has 0 aromatic heterocycles. The Morgan fingerprint density at radius 2 is 1.39 bits per heavy atom. The normalized spacial score (nSPS) is 11.9. The van der Waals surface area contributed by atoms with Gasteiger partial charge in [-0.2, -0.15) is 0 Å². The summed E-state index contributed by atoms with van der Waals surface area (Å²) in [5, 5.41) is 2.97. The van der Waals surface area contributed by atoms with Gasteiger partial charge in [0.25, 0.3) is 10.0 Å². The summed E-state index contributed by atoms with van der Waals surface area (Å²) in [5.41, 5.74) is 3.03. The molecule has 9 nitrogen and oxygen atoms in total. The molecule has 2 amide bonds. The minimum atomic E-state index is -4.29. The average Bonchev–Trinajstić information content (AvgIpc) is 3.06. The fourth-order valence-corrected chi connectivity index (χ4v) is 6.48. The molecule has 4 rings (SSSR count). The molecule has 0 saturated carbocycles. The Morgan fingerprint density at radius 3 is 1.98 bits per heavy atom. The van der Waals surface area contributed by atoms with Crippen molar-refractivity contribution in [2.45, 2.75) is 50.7 Å². The third-order valence-corrected chi connectivity index (χ3v) is 9.21. The molecule has 0 radical (unpaired) electrons. The average molecular weight is 644 g/mol. The number of hydrogen-bond donors (Lipinski definition) is 1. The van der Waals surface area contributed by atoms with E-state index in [9.17, 15) is 18.0 Å². The molecule has 0 unspecified atom stereocenters. The first kappa shape index (κ1) is 34.1. The number of amides is 2. The number of carbonyl (C=O) groups is 2. The van der Waals surface area contributed by atoms with Crippen molar-refractivity contribution in [2.24, 2.45) is 0 Å². The Hall–Kier alpha value is -4.83. The molecule has 0 saturated heterocycles. The zero-order valence-electron chi connectivity index (χ0n) is 26.8. The van der Waals surface area contributed by atoms with Crippen LogP contribution in [0.5, 0.6) is 11.5 Å². The highest BCUT2D eigenvalue weighted by molar-refractivity contribution is 7.92. The lowest BCUT2D eigenvalue weighted by Gasteiger charge is -2.34.